The maximum Gasteiger partial charge on any atom is 0.278 e. The molecular formula is C18H23N7O7S2. The third-order valence-corrected chi connectivity index (χ3v) is 7.73. The first-order chi connectivity index (χ1) is 16.0. The molecular weight excluding hydrogens is 490 g/mol. The number of aliphatic hydroxyl groups is 2. The SMILES string of the molecule is CO/N=C(\C(=O)N[C@@H]1C(=O)N2C(C(=O)[O-])=C(C[N+]3(C)CC(O)C(O)C3)CS[C@H]12)c1nsc(N)n1. The second-order valence-electron chi connectivity index (χ2n) is 8.46. The van der Waals surface area contributed by atoms with Crippen LogP contribution < -0.4 is 16.2 Å². The maximum absolute atomic E-state index is 12.9. The molecule has 0 saturated carbocycles. The number of anilines is 1. The summed E-state index contributed by atoms with van der Waals surface area (Å²) in [6.45, 7) is 0.727. The standard InChI is InChI=1S/C18H23N7O7S2/c1-25(4-8(26)9(27)5-25)3-7-6-33-16-11(15(29)24(16)12(7)17(30)31)20-14(28)10(22-32-2)13-21-18(19)34-23-13/h8-9,11,16,26-27H,3-6H2,1-2H3,(H3-,19,20,21,23,28,30,31)/b22-10-/t8?,9?,11-,16-,25?/m1/s1. The number of aliphatic carboxylic acids is 1. The van der Waals surface area contributed by atoms with Gasteiger partial charge >= 0.3 is 0 Å². The zero-order chi connectivity index (χ0) is 24.8. The fourth-order valence-corrected chi connectivity index (χ4v) is 6.19. The largest absolute Gasteiger partial charge is 0.543 e. The molecule has 0 aromatic carbocycles. The van der Waals surface area contributed by atoms with Crippen LogP contribution >= 0.6 is 23.3 Å². The fraction of sp³-hybridized carbons (Fsp3) is 0.556. The number of likely N-dealkylation sites (N-methyl/N-ethyl adjacent to an activating group) is 1. The molecule has 16 heteroatoms. The van der Waals surface area contributed by atoms with Gasteiger partial charge in [0.2, 0.25) is 11.5 Å². The molecule has 2 amide bonds. The normalized spacial score (nSPS) is 31.2. The van der Waals surface area contributed by atoms with E-state index in [1.807, 2.05) is 0 Å². The lowest BCUT2D eigenvalue weighted by Gasteiger charge is -2.51. The highest BCUT2D eigenvalue weighted by Crippen LogP contribution is 2.41. The van der Waals surface area contributed by atoms with Crippen molar-refractivity contribution in [1.82, 2.24) is 19.6 Å². The number of hydrogen-bond donors (Lipinski definition) is 4. The second-order valence-corrected chi connectivity index (χ2v) is 10.3. The Labute approximate surface area is 201 Å². The Morgan fingerprint density at radius 3 is 2.62 bits per heavy atom. The highest BCUT2D eigenvalue weighted by molar-refractivity contribution is 8.00. The van der Waals surface area contributed by atoms with E-state index in [1.54, 1.807) is 7.05 Å². The number of aliphatic hydroxyl groups excluding tert-OH is 2. The summed E-state index contributed by atoms with van der Waals surface area (Å²) in [7, 11) is 3.03. The number of carboxylic acid groups (broad SMARTS) is 1. The molecule has 4 atom stereocenters. The third kappa shape index (κ3) is 4.34. The number of amides is 2. The van der Waals surface area contributed by atoms with Gasteiger partial charge in [0.25, 0.3) is 11.8 Å². The Kier molecular flexibility index (Phi) is 6.52. The van der Waals surface area contributed by atoms with Crippen molar-refractivity contribution in [3.63, 3.8) is 0 Å². The summed E-state index contributed by atoms with van der Waals surface area (Å²) in [5, 5.41) is 37.4. The molecule has 1 aromatic rings. The molecule has 4 heterocycles. The highest BCUT2D eigenvalue weighted by atomic mass is 32.2. The van der Waals surface area contributed by atoms with Gasteiger partial charge in [0.15, 0.2) is 5.13 Å². The van der Waals surface area contributed by atoms with Crippen molar-refractivity contribution in [1.29, 1.82) is 0 Å². The van der Waals surface area contributed by atoms with E-state index in [2.05, 4.69) is 24.7 Å². The first-order valence-corrected chi connectivity index (χ1v) is 12.0. The molecule has 1 aromatic heterocycles. The third-order valence-electron chi connectivity index (χ3n) is 5.85. The number of oxime groups is 1. The molecule has 5 N–H and O–H groups in total. The van der Waals surface area contributed by atoms with Crippen LogP contribution in [0.3, 0.4) is 0 Å². The summed E-state index contributed by atoms with van der Waals surface area (Å²) in [6, 6.07) is -1.01. The average Bonchev–Trinajstić information content (AvgIpc) is 3.30. The molecule has 0 bridgehead atoms. The minimum absolute atomic E-state index is 0.0636. The van der Waals surface area contributed by atoms with E-state index in [9.17, 15) is 29.7 Å². The number of carbonyl (C=O) groups excluding carboxylic acids is 3. The Hall–Kier alpha value is -2.79. The number of fused-ring (bicyclic) bond motifs is 1. The lowest BCUT2D eigenvalue weighted by atomic mass is 10.0. The number of nitrogens with zero attached hydrogens (tertiary/aromatic N) is 5. The van der Waals surface area contributed by atoms with Crippen molar-refractivity contribution in [2.75, 3.05) is 45.3 Å². The number of carboxylic acids is 1. The van der Waals surface area contributed by atoms with Crippen LogP contribution in [-0.4, -0.2) is 116 Å². The van der Waals surface area contributed by atoms with Gasteiger partial charge in [-0.25, -0.2) is 0 Å². The van der Waals surface area contributed by atoms with Crippen LogP contribution in [0, 0.1) is 0 Å². The lowest BCUT2D eigenvalue weighted by molar-refractivity contribution is -0.895. The quantitative estimate of drug-likeness (QED) is 0.120. The van der Waals surface area contributed by atoms with Gasteiger partial charge < -0.3 is 40.5 Å². The van der Waals surface area contributed by atoms with E-state index >= 15 is 0 Å². The molecule has 2 unspecified atom stereocenters. The van der Waals surface area contributed by atoms with Crippen LogP contribution in [0.2, 0.25) is 0 Å². The number of thioether (sulfide) groups is 1. The van der Waals surface area contributed by atoms with Crippen molar-refractivity contribution >= 4 is 51.9 Å². The van der Waals surface area contributed by atoms with Crippen LogP contribution in [0.25, 0.3) is 0 Å². The number of nitrogen functional groups attached to an aromatic ring is 1. The summed E-state index contributed by atoms with van der Waals surface area (Å²) in [5.74, 6) is -2.69. The maximum atomic E-state index is 12.9. The van der Waals surface area contributed by atoms with Crippen molar-refractivity contribution in [2.45, 2.75) is 23.6 Å². The minimum atomic E-state index is -1.51. The minimum Gasteiger partial charge on any atom is -0.543 e. The van der Waals surface area contributed by atoms with E-state index in [-0.39, 0.29) is 52.2 Å². The van der Waals surface area contributed by atoms with Crippen LogP contribution in [0.15, 0.2) is 16.4 Å². The van der Waals surface area contributed by atoms with Crippen molar-refractivity contribution < 1.29 is 39.0 Å². The number of carbonyl (C=O) groups is 3. The predicted octanol–water partition coefficient (Wildman–Crippen LogP) is -3.94. The molecule has 2 fully saturated rings. The Morgan fingerprint density at radius 2 is 2.06 bits per heavy atom. The number of rotatable bonds is 7. The predicted molar refractivity (Wildman–Crippen MR) is 118 cm³/mol. The summed E-state index contributed by atoms with van der Waals surface area (Å²) in [5.41, 5.74) is 5.51. The van der Waals surface area contributed by atoms with Gasteiger partial charge in [-0.2, -0.15) is 9.36 Å². The molecule has 0 aliphatic carbocycles. The molecule has 0 radical (unpaired) electrons. The zero-order valence-electron chi connectivity index (χ0n) is 18.2. The van der Waals surface area contributed by atoms with Gasteiger partial charge in [-0.15, -0.1) is 11.8 Å². The Bertz CT molecular complexity index is 1080. The summed E-state index contributed by atoms with van der Waals surface area (Å²) < 4.78 is 4.15. The highest BCUT2D eigenvalue weighted by Gasteiger charge is 2.54. The number of aromatic nitrogens is 2. The zero-order valence-corrected chi connectivity index (χ0v) is 19.8. The molecule has 34 heavy (non-hydrogen) atoms. The number of quaternary nitrogens is 1. The number of hydrogen-bond acceptors (Lipinski definition) is 13. The number of β-lactam (4-membered cyclic amide) rings is 1. The average molecular weight is 514 g/mol. The van der Waals surface area contributed by atoms with Crippen LogP contribution in [-0.2, 0) is 19.2 Å². The monoisotopic (exact) mass is 513 g/mol. The molecule has 0 spiro atoms. The van der Waals surface area contributed by atoms with Crippen LogP contribution in [0.4, 0.5) is 5.13 Å². The van der Waals surface area contributed by atoms with E-state index in [4.69, 9.17) is 5.73 Å². The van der Waals surface area contributed by atoms with Gasteiger partial charge in [0, 0.05) is 22.9 Å². The number of nitrogens with two attached hydrogens (primary N) is 1. The smallest absolute Gasteiger partial charge is 0.278 e. The molecule has 184 valence electrons. The summed E-state index contributed by atoms with van der Waals surface area (Å²) in [4.78, 5) is 47.3. The van der Waals surface area contributed by atoms with Gasteiger partial charge in [-0.05, 0) is 0 Å². The van der Waals surface area contributed by atoms with E-state index < -0.39 is 41.4 Å². The Balaban J connectivity index is 1.52. The Morgan fingerprint density at radius 1 is 1.38 bits per heavy atom. The van der Waals surface area contributed by atoms with E-state index in [0.29, 0.717) is 5.57 Å². The molecule has 2 saturated heterocycles. The number of likely N-dealkylation sites (tertiary alicyclic amines) is 1. The van der Waals surface area contributed by atoms with Crippen LogP contribution in [0.1, 0.15) is 5.82 Å². The molecule has 3 aliphatic rings. The first-order valence-electron chi connectivity index (χ1n) is 10.1. The molecule has 3 aliphatic heterocycles. The topological polar surface area (TPSA) is 203 Å². The van der Waals surface area contributed by atoms with Gasteiger partial charge in [-0.1, -0.05) is 5.16 Å². The van der Waals surface area contributed by atoms with Gasteiger partial charge in [0.05, 0.1) is 18.7 Å². The lowest BCUT2D eigenvalue weighted by Crippen LogP contribution is -2.71. The molecule has 14 nitrogen and oxygen atoms in total. The first kappa shape index (κ1) is 24.3. The van der Waals surface area contributed by atoms with E-state index in [1.165, 1.54) is 18.9 Å². The van der Waals surface area contributed by atoms with Gasteiger partial charge in [-0.3, -0.25) is 14.5 Å². The van der Waals surface area contributed by atoms with Gasteiger partial charge in [0.1, 0.15) is 50.4 Å². The summed E-state index contributed by atoms with van der Waals surface area (Å²) in [6.07, 6.45) is -1.81. The van der Waals surface area contributed by atoms with Crippen molar-refractivity contribution in [3.05, 3.63) is 17.1 Å². The van der Waals surface area contributed by atoms with Crippen molar-refractivity contribution in [3.8, 4) is 0 Å². The number of nitrogens with one attached hydrogen (secondary N) is 1. The fourth-order valence-electron chi connectivity index (χ4n) is 4.42. The molecule has 4 rings (SSSR count). The van der Waals surface area contributed by atoms with E-state index in [0.717, 1.165) is 16.4 Å². The van der Waals surface area contributed by atoms with Crippen molar-refractivity contribution in [2.24, 2.45) is 5.16 Å². The second kappa shape index (κ2) is 9.10. The summed E-state index contributed by atoms with van der Waals surface area (Å²) >= 11 is 2.15. The van der Waals surface area contributed by atoms with Crippen LogP contribution in [0.5, 0.6) is 0 Å².